The summed E-state index contributed by atoms with van der Waals surface area (Å²) in [6.07, 6.45) is 2.90. The fourth-order valence-corrected chi connectivity index (χ4v) is 6.46. The average Bonchev–Trinajstić information content (AvgIpc) is 2.72. The number of rotatable bonds is 2. The molecule has 5 saturated carbocycles. The summed E-state index contributed by atoms with van der Waals surface area (Å²) in [6, 6.07) is 0. The molecule has 0 aromatic rings. The predicted octanol–water partition coefficient (Wildman–Crippen LogP) is 3.08. The van der Waals surface area contributed by atoms with E-state index in [1.165, 1.54) is 24.7 Å². The second-order valence-electron chi connectivity index (χ2n) is 6.48. The Labute approximate surface area is 74.7 Å². The van der Waals surface area contributed by atoms with Gasteiger partial charge in [-0.2, -0.15) is 0 Å². The van der Waals surface area contributed by atoms with Gasteiger partial charge in [0.15, 0.2) is 0 Å². The molecule has 5 fully saturated rings. The summed E-state index contributed by atoms with van der Waals surface area (Å²) in [5, 5.41) is 0. The average molecular weight is 162 g/mol. The lowest BCUT2D eigenvalue weighted by Gasteiger charge is -2.67. The SMILES string of the molecule is CCCC1(C)C2C34C1C23C4(C)C. The molecule has 2 spiro atoms. The standard InChI is InChI=1S/C12H18/c1-5-6-10(4)7-11-8(10)12(7,11)9(11,2)3/h7-8H,5-6H2,1-4H3. The molecule has 0 nitrogen and oxygen atoms in total. The molecule has 0 N–H and O–H groups in total. The zero-order valence-electron chi connectivity index (χ0n) is 8.57. The van der Waals surface area contributed by atoms with Crippen LogP contribution in [0.15, 0.2) is 0 Å². The predicted molar refractivity (Wildman–Crippen MR) is 48.6 cm³/mol. The summed E-state index contributed by atoms with van der Waals surface area (Å²) >= 11 is 0. The molecule has 5 rings (SSSR count). The van der Waals surface area contributed by atoms with Crippen LogP contribution in [0.2, 0.25) is 0 Å². The van der Waals surface area contributed by atoms with E-state index in [2.05, 4.69) is 27.7 Å². The van der Waals surface area contributed by atoms with E-state index < -0.39 is 0 Å². The second kappa shape index (κ2) is 1.07. The van der Waals surface area contributed by atoms with Crippen LogP contribution in [-0.2, 0) is 0 Å². The van der Waals surface area contributed by atoms with E-state index in [4.69, 9.17) is 0 Å². The molecule has 0 radical (unpaired) electrons. The van der Waals surface area contributed by atoms with Gasteiger partial charge in [-0.1, -0.05) is 34.1 Å². The van der Waals surface area contributed by atoms with E-state index >= 15 is 0 Å². The van der Waals surface area contributed by atoms with Gasteiger partial charge < -0.3 is 0 Å². The molecule has 0 aromatic heterocycles. The van der Waals surface area contributed by atoms with Gasteiger partial charge in [-0.05, 0) is 39.9 Å². The minimum Gasteiger partial charge on any atom is -0.0654 e. The Hall–Kier alpha value is 0. The molecule has 12 heavy (non-hydrogen) atoms. The van der Waals surface area contributed by atoms with Gasteiger partial charge >= 0.3 is 0 Å². The highest BCUT2D eigenvalue weighted by Gasteiger charge is 3.29. The maximum absolute atomic E-state index is 2.55. The van der Waals surface area contributed by atoms with Crippen molar-refractivity contribution in [1.29, 1.82) is 0 Å². The minimum atomic E-state index is 0.794. The van der Waals surface area contributed by atoms with Gasteiger partial charge in [-0.15, -0.1) is 0 Å². The first kappa shape index (κ1) is 6.45. The normalized spacial score (nSPS) is 77.0. The highest BCUT2D eigenvalue weighted by atomic mass is 15.3. The van der Waals surface area contributed by atoms with Crippen LogP contribution in [-0.4, -0.2) is 0 Å². The van der Waals surface area contributed by atoms with E-state index in [0.717, 1.165) is 21.7 Å². The number of hydrogen-bond donors (Lipinski definition) is 0. The van der Waals surface area contributed by atoms with Crippen molar-refractivity contribution in [2.75, 3.05) is 0 Å². The van der Waals surface area contributed by atoms with Crippen molar-refractivity contribution < 1.29 is 0 Å². The van der Waals surface area contributed by atoms with Crippen LogP contribution in [0.3, 0.4) is 0 Å². The van der Waals surface area contributed by atoms with E-state index in [0.29, 0.717) is 0 Å². The molecule has 0 saturated heterocycles. The van der Waals surface area contributed by atoms with Gasteiger partial charge in [0, 0.05) is 0 Å². The third-order valence-corrected chi connectivity index (χ3v) is 6.45. The topological polar surface area (TPSA) is 0 Å². The fraction of sp³-hybridized carbons (Fsp3) is 1.00. The lowest BCUT2D eigenvalue weighted by molar-refractivity contribution is -0.204. The third-order valence-electron chi connectivity index (χ3n) is 6.45. The Balaban J connectivity index is 1.63. The number of hydrogen-bond acceptors (Lipinski definition) is 0. The highest BCUT2D eigenvalue weighted by molar-refractivity contribution is 5.75. The van der Waals surface area contributed by atoms with Gasteiger partial charge in [0.05, 0.1) is 0 Å². The van der Waals surface area contributed by atoms with Crippen LogP contribution in [0.4, 0.5) is 0 Å². The molecule has 0 heterocycles. The molecule has 0 heteroatoms. The van der Waals surface area contributed by atoms with E-state index in [1.54, 1.807) is 0 Å². The molecule has 5 aliphatic carbocycles. The summed E-state index contributed by atoms with van der Waals surface area (Å²) in [4.78, 5) is 0. The van der Waals surface area contributed by atoms with Crippen LogP contribution in [0, 0.1) is 33.5 Å². The molecule has 0 aromatic carbocycles. The van der Waals surface area contributed by atoms with Gasteiger partial charge in [0.1, 0.15) is 0 Å². The summed E-state index contributed by atoms with van der Waals surface area (Å²) in [5.74, 6) is 2.38. The van der Waals surface area contributed by atoms with Gasteiger partial charge in [0.2, 0.25) is 0 Å². The van der Waals surface area contributed by atoms with E-state index in [1.807, 2.05) is 0 Å². The second-order valence-corrected chi connectivity index (χ2v) is 6.48. The summed E-state index contributed by atoms with van der Waals surface area (Å²) in [7, 11) is 0. The zero-order chi connectivity index (χ0) is 8.57. The van der Waals surface area contributed by atoms with Crippen LogP contribution >= 0.6 is 0 Å². The molecule has 2 bridgehead atoms. The van der Waals surface area contributed by atoms with E-state index in [-0.39, 0.29) is 0 Å². The van der Waals surface area contributed by atoms with Crippen molar-refractivity contribution in [3.63, 3.8) is 0 Å². The van der Waals surface area contributed by atoms with Crippen LogP contribution in [0.1, 0.15) is 40.5 Å². The molecule has 5 aliphatic rings. The van der Waals surface area contributed by atoms with Crippen molar-refractivity contribution in [1.82, 2.24) is 0 Å². The molecule has 66 valence electrons. The highest BCUT2D eigenvalue weighted by Crippen LogP contribution is 3.32. The minimum absolute atomic E-state index is 0.794. The Morgan fingerprint density at radius 2 is 1.50 bits per heavy atom. The Morgan fingerprint density at radius 1 is 1.00 bits per heavy atom. The summed E-state index contributed by atoms with van der Waals surface area (Å²) in [5.41, 5.74) is 3.51. The summed E-state index contributed by atoms with van der Waals surface area (Å²) in [6.45, 7) is 9.87. The zero-order valence-corrected chi connectivity index (χ0v) is 8.57. The van der Waals surface area contributed by atoms with Crippen molar-refractivity contribution in [3.8, 4) is 0 Å². The first-order valence-electron chi connectivity index (χ1n) is 5.54. The van der Waals surface area contributed by atoms with Crippen molar-refractivity contribution in [3.05, 3.63) is 0 Å². The molecule has 0 aliphatic heterocycles. The largest absolute Gasteiger partial charge is 0.0654 e. The molecule has 0 unspecified atom stereocenters. The third kappa shape index (κ3) is 0.218. The lowest BCUT2D eigenvalue weighted by Crippen LogP contribution is -2.63. The Morgan fingerprint density at radius 3 is 1.83 bits per heavy atom. The van der Waals surface area contributed by atoms with Gasteiger partial charge in [-0.25, -0.2) is 0 Å². The summed E-state index contributed by atoms with van der Waals surface area (Å²) < 4.78 is 0. The maximum Gasteiger partial charge on any atom is -0.00938 e. The lowest BCUT2D eigenvalue weighted by atomic mass is 9.37. The van der Waals surface area contributed by atoms with E-state index in [9.17, 15) is 0 Å². The van der Waals surface area contributed by atoms with Crippen LogP contribution in [0.5, 0.6) is 0 Å². The molecule has 0 atom stereocenters. The van der Waals surface area contributed by atoms with Crippen LogP contribution in [0.25, 0.3) is 0 Å². The van der Waals surface area contributed by atoms with Crippen molar-refractivity contribution in [2.45, 2.75) is 40.5 Å². The smallest absolute Gasteiger partial charge is 0.00938 e. The monoisotopic (exact) mass is 162 g/mol. The fourth-order valence-electron chi connectivity index (χ4n) is 6.46. The Bertz CT molecular complexity index is 278. The molecular weight excluding hydrogens is 144 g/mol. The molecular formula is C12H18. The molecule has 0 amide bonds. The van der Waals surface area contributed by atoms with Gasteiger partial charge in [0.25, 0.3) is 0 Å². The van der Waals surface area contributed by atoms with Gasteiger partial charge in [-0.3, -0.25) is 0 Å². The van der Waals surface area contributed by atoms with Crippen molar-refractivity contribution in [2.24, 2.45) is 33.5 Å². The van der Waals surface area contributed by atoms with Crippen molar-refractivity contribution >= 4 is 0 Å². The Kier molecular flexibility index (Phi) is 0.578. The van der Waals surface area contributed by atoms with Crippen LogP contribution < -0.4 is 0 Å². The quantitative estimate of drug-likeness (QED) is 0.585. The first-order valence-corrected chi connectivity index (χ1v) is 5.54. The first-order chi connectivity index (χ1) is 5.54. The maximum atomic E-state index is 2.55.